The summed E-state index contributed by atoms with van der Waals surface area (Å²) < 4.78 is 56.8. The molecule has 308 valence electrons. The van der Waals surface area contributed by atoms with Crippen molar-refractivity contribution in [2.45, 2.75) is 150 Å². The molecule has 0 bridgehead atoms. The molecule has 3 aromatic rings. The zero-order chi connectivity index (χ0) is 39.9. The number of hydrogen-bond donors (Lipinski definition) is 3. The van der Waals surface area contributed by atoms with Gasteiger partial charge in [0.15, 0.2) is 11.5 Å². The number of H-pyrrole nitrogens is 1. The average molecular weight is 807 g/mol. The molecule has 1 aliphatic carbocycles. The van der Waals surface area contributed by atoms with Crippen LogP contribution in [0.5, 0.6) is 5.75 Å². The van der Waals surface area contributed by atoms with Crippen molar-refractivity contribution in [1.29, 1.82) is 0 Å². The van der Waals surface area contributed by atoms with E-state index in [1.165, 1.54) is 18.2 Å². The van der Waals surface area contributed by atoms with Gasteiger partial charge in [0.2, 0.25) is 11.3 Å². The Morgan fingerprint density at radius 2 is 1.42 bits per heavy atom. The molecule has 0 saturated heterocycles. The Morgan fingerprint density at radius 3 is 1.95 bits per heavy atom. The third-order valence-corrected chi connectivity index (χ3v) is 12.1. The molecule has 1 aromatic carbocycles. The third kappa shape index (κ3) is 13.8. The SMILES string of the molecule is CCCCC(CC)COC(=O)c1cc(OS(=O)NC2CCC(OS(=O)NC(C)c3nnc4cc(C(C)C)[nH]n34)CC2)cc(C(=O)OCC(CC)CCCC)c1. The van der Waals surface area contributed by atoms with E-state index in [0.717, 1.165) is 57.1 Å². The number of nitrogens with zero attached hydrogens (tertiary/aromatic N) is 3. The van der Waals surface area contributed by atoms with Gasteiger partial charge in [0.25, 0.3) is 11.3 Å². The molecule has 0 aliphatic heterocycles. The summed E-state index contributed by atoms with van der Waals surface area (Å²) in [7, 11) is 0. The lowest BCUT2D eigenvalue weighted by molar-refractivity contribution is 0.0425. The van der Waals surface area contributed by atoms with E-state index in [4.69, 9.17) is 17.8 Å². The smallest absolute Gasteiger partial charge is 0.338 e. The molecule has 0 amide bonds. The van der Waals surface area contributed by atoms with Crippen molar-refractivity contribution in [1.82, 2.24) is 29.3 Å². The summed E-state index contributed by atoms with van der Waals surface area (Å²) in [5, 5.41) is 11.7. The number of aromatic amines is 1. The Bertz CT molecular complexity index is 1660. The minimum atomic E-state index is -1.99. The Hall–Kier alpha value is -3.18. The van der Waals surface area contributed by atoms with Crippen LogP contribution in [0.25, 0.3) is 5.65 Å². The highest BCUT2D eigenvalue weighted by Crippen LogP contribution is 2.26. The van der Waals surface area contributed by atoms with Crippen molar-refractivity contribution in [2.24, 2.45) is 11.8 Å². The number of fused-ring (bicyclic) bond motifs is 1. The first-order chi connectivity index (χ1) is 26.4. The molecule has 16 heteroatoms. The van der Waals surface area contributed by atoms with Gasteiger partial charge in [0.1, 0.15) is 5.75 Å². The van der Waals surface area contributed by atoms with E-state index in [1.807, 2.05) is 13.0 Å². The van der Waals surface area contributed by atoms with Crippen LogP contribution < -0.4 is 13.6 Å². The van der Waals surface area contributed by atoms with Gasteiger partial charge in [-0.15, -0.1) is 10.2 Å². The number of benzene rings is 1. The maximum Gasteiger partial charge on any atom is 0.338 e. The first kappa shape index (κ1) is 44.5. The first-order valence-corrected chi connectivity index (χ1v) is 22.2. The molecule has 1 aliphatic rings. The lowest BCUT2D eigenvalue weighted by Crippen LogP contribution is -2.38. The normalized spacial score (nSPS) is 18.8. The summed E-state index contributed by atoms with van der Waals surface area (Å²) in [6.45, 7) is 15.0. The van der Waals surface area contributed by atoms with Crippen LogP contribution in [-0.2, 0) is 36.2 Å². The molecule has 1 saturated carbocycles. The molecule has 3 N–H and O–H groups in total. The van der Waals surface area contributed by atoms with Gasteiger partial charge < -0.3 is 13.7 Å². The van der Waals surface area contributed by atoms with Crippen LogP contribution in [0, 0.1) is 11.8 Å². The third-order valence-electron chi connectivity index (χ3n) is 10.2. The van der Waals surface area contributed by atoms with Crippen LogP contribution in [0.1, 0.15) is 170 Å². The van der Waals surface area contributed by atoms with Gasteiger partial charge in [-0.1, -0.05) is 80.1 Å². The highest BCUT2D eigenvalue weighted by atomic mass is 32.2. The molecular formula is C39H62N6O8S2. The van der Waals surface area contributed by atoms with E-state index in [2.05, 4.69) is 66.3 Å². The standard InChI is InChI=1S/C39H62N6O8S2/c1-8-12-14-28(10-3)24-50-38(46)30-20-31(39(47)51-25-29(11-4)15-13-9-2)22-34(21-30)53-55(49)44-32-16-18-33(19-17-32)52-54(48)43-27(7)37-41-40-36-23-35(26(5)6)42-45(36)37/h20-23,26-29,32-33,42-44H,8-19,24-25H2,1-7H3. The number of unbranched alkanes of at least 4 members (excludes halogenated alkanes) is 2. The van der Waals surface area contributed by atoms with Gasteiger partial charge in [-0.2, -0.15) is 4.21 Å². The fraction of sp³-hybridized carbons (Fsp3) is 0.692. The summed E-state index contributed by atoms with van der Waals surface area (Å²) >= 11 is -3.77. The Balaban J connectivity index is 1.32. The van der Waals surface area contributed by atoms with E-state index in [0.29, 0.717) is 43.1 Å². The van der Waals surface area contributed by atoms with Crippen LogP contribution >= 0.6 is 0 Å². The summed E-state index contributed by atoms with van der Waals surface area (Å²) in [4.78, 5) is 26.5. The molecule has 1 fully saturated rings. The number of nitrogens with one attached hydrogen (secondary N) is 3. The van der Waals surface area contributed by atoms with E-state index >= 15 is 0 Å². The van der Waals surface area contributed by atoms with Crippen molar-refractivity contribution in [3.05, 3.63) is 46.9 Å². The lowest BCUT2D eigenvalue weighted by Gasteiger charge is -2.28. The molecule has 2 heterocycles. The topological polar surface area (TPSA) is 175 Å². The maximum atomic E-state index is 13.2. The zero-order valence-corrected chi connectivity index (χ0v) is 35.2. The van der Waals surface area contributed by atoms with Crippen molar-refractivity contribution in [3.63, 3.8) is 0 Å². The van der Waals surface area contributed by atoms with Crippen molar-refractivity contribution < 1.29 is 35.8 Å². The van der Waals surface area contributed by atoms with Crippen LogP contribution in [-0.4, -0.2) is 65.5 Å². The molecule has 5 atom stereocenters. The summed E-state index contributed by atoms with van der Waals surface area (Å²) in [5.41, 5.74) is 1.98. The van der Waals surface area contributed by atoms with E-state index in [9.17, 15) is 18.0 Å². The Morgan fingerprint density at radius 1 is 0.836 bits per heavy atom. The second-order valence-electron chi connectivity index (χ2n) is 15.0. The maximum absolute atomic E-state index is 13.2. The van der Waals surface area contributed by atoms with Crippen LogP contribution in [0.3, 0.4) is 0 Å². The number of rotatable bonds is 24. The number of ether oxygens (including phenoxy) is 2. The summed E-state index contributed by atoms with van der Waals surface area (Å²) in [6, 6.07) is 5.73. The van der Waals surface area contributed by atoms with Gasteiger partial charge >= 0.3 is 11.9 Å². The largest absolute Gasteiger partial charge is 0.462 e. The number of hydrogen-bond acceptors (Lipinski definition) is 10. The van der Waals surface area contributed by atoms with Gasteiger partial charge in [-0.25, -0.2) is 27.8 Å². The fourth-order valence-corrected chi connectivity index (χ4v) is 8.22. The Labute approximate surface area is 331 Å². The molecule has 55 heavy (non-hydrogen) atoms. The van der Waals surface area contributed by atoms with E-state index in [-0.39, 0.29) is 54.1 Å². The molecule has 14 nitrogen and oxygen atoms in total. The summed E-state index contributed by atoms with van der Waals surface area (Å²) in [6.07, 6.45) is 10.1. The van der Waals surface area contributed by atoms with Crippen molar-refractivity contribution >= 4 is 40.1 Å². The number of esters is 2. The van der Waals surface area contributed by atoms with Crippen LogP contribution in [0.15, 0.2) is 24.3 Å². The number of aromatic nitrogens is 4. The van der Waals surface area contributed by atoms with Crippen LogP contribution in [0.4, 0.5) is 0 Å². The highest BCUT2D eigenvalue weighted by molar-refractivity contribution is 7.78. The quantitative estimate of drug-likeness (QED) is 0.0760. The minimum absolute atomic E-state index is 0.0839. The van der Waals surface area contributed by atoms with Gasteiger partial charge in [-0.05, 0) is 81.4 Å². The first-order valence-electron chi connectivity index (χ1n) is 20.1. The Kier molecular flexibility index (Phi) is 18.2. The van der Waals surface area contributed by atoms with Crippen molar-refractivity contribution in [3.8, 4) is 5.75 Å². The van der Waals surface area contributed by atoms with Gasteiger partial charge in [0, 0.05) is 17.8 Å². The fourth-order valence-electron chi connectivity index (χ4n) is 6.50. The predicted molar refractivity (Wildman–Crippen MR) is 214 cm³/mol. The number of carbonyl (C=O) groups excluding carboxylic acids is 2. The molecule has 5 unspecified atom stereocenters. The summed E-state index contributed by atoms with van der Waals surface area (Å²) in [5.74, 6) is 0.302. The second-order valence-corrected chi connectivity index (χ2v) is 16.7. The van der Waals surface area contributed by atoms with Crippen molar-refractivity contribution in [2.75, 3.05) is 13.2 Å². The molecule has 4 rings (SSSR count). The molecule has 2 aromatic heterocycles. The minimum Gasteiger partial charge on any atom is -0.462 e. The highest BCUT2D eigenvalue weighted by Gasteiger charge is 2.27. The molecular weight excluding hydrogens is 745 g/mol. The average Bonchev–Trinajstić information content (AvgIpc) is 3.77. The van der Waals surface area contributed by atoms with Crippen LogP contribution in [0.2, 0.25) is 0 Å². The second kappa shape index (κ2) is 22.5. The lowest BCUT2D eigenvalue weighted by atomic mass is 9.94. The van der Waals surface area contributed by atoms with Gasteiger partial charge in [-0.3, -0.25) is 9.28 Å². The van der Waals surface area contributed by atoms with E-state index in [1.54, 1.807) is 4.52 Å². The number of carbonyl (C=O) groups is 2. The van der Waals surface area contributed by atoms with E-state index < -0.39 is 40.5 Å². The van der Waals surface area contributed by atoms with Gasteiger partial charge in [0.05, 0.1) is 36.5 Å². The zero-order valence-electron chi connectivity index (χ0n) is 33.6. The predicted octanol–water partition coefficient (Wildman–Crippen LogP) is 7.73. The molecule has 0 spiro atoms. The molecule has 0 radical (unpaired) electrons. The monoisotopic (exact) mass is 806 g/mol.